The van der Waals surface area contributed by atoms with Crippen LogP contribution in [0.25, 0.3) is 0 Å². The second-order valence-electron chi connectivity index (χ2n) is 4.64. The lowest BCUT2D eigenvalue weighted by molar-refractivity contribution is 0.544. The van der Waals surface area contributed by atoms with Crippen LogP contribution in [0.2, 0.25) is 0 Å². The Morgan fingerprint density at radius 2 is 2.11 bits per heavy atom. The molecule has 2 rings (SSSR count). The molecule has 3 heteroatoms. The number of hydrogen-bond donors (Lipinski definition) is 1. The highest BCUT2D eigenvalue weighted by Crippen LogP contribution is 2.23. The van der Waals surface area contributed by atoms with Crippen molar-refractivity contribution < 1.29 is 0 Å². The van der Waals surface area contributed by atoms with Gasteiger partial charge in [0, 0.05) is 28.8 Å². The van der Waals surface area contributed by atoms with E-state index in [0.29, 0.717) is 6.04 Å². The molecule has 1 aromatic carbocycles. The molecule has 0 aliphatic rings. The van der Waals surface area contributed by atoms with Crippen molar-refractivity contribution in [2.75, 3.05) is 6.54 Å². The summed E-state index contributed by atoms with van der Waals surface area (Å²) in [7, 11) is 0. The van der Waals surface area contributed by atoms with Crippen LogP contribution < -0.4 is 5.32 Å². The molecule has 0 spiro atoms. The van der Waals surface area contributed by atoms with Crippen LogP contribution in [0.15, 0.2) is 47.1 Å². The maximum absolute atomic E-state index is 4.42. The Kier molecular flexibility index (Phi) is 5.11. The van der Waals surface area contributed by atoms with Crippen LogP contribution in [0.1, 0.15) is 29.8 Å². The van der Waals surface area contributed by atoms with E-state index in [0.717, 1.165) is 23.1 Å². The van der Waals surface area contributed by atoms with Gasteiger partial charge >= 0.3 is 0 Å². The fraction of sp³-hybridized carbons (Fsp3) is 0.312. The Bertz CT molecular complexity index is 526. The standard InChI is InChI=1S/C16H19BrN2/c1-3-18-16(11-14-6-4-5-9-19-14)13-7-8-15(17)12(2)10-13/h4-10,16,18H,3,11H2,1-2H3. The fourth-order valence-electron chi connectivity index (χ4n) is 2.17. The van der Waals surface area contributed by atoms with Crippen LogP contribution in [0.5, 0.6) is 0 Å². The molecule has 1 atom stereocenters. The van der Waals surface area contributed by atoms with Crippen LogP contribution in [-0.4, -0.2) is 11.5 Å². The third-order valence-corrected chi connectivity index (χ3v) is 4.06. The molecule has 1 aromatic heterocycles. The minimum Gasteiger partial charge on any atom is -0.310 e. The summed E-state index contributed by atoms with van der Waals surface area (Å²) in [5, 5.41) is 3.54. The Morgan fingerprint density at radius 1 is 1.26 bits per heavy atom. The first-order valence-electron chi connectivity index (χ1n) is 6.60. The van der Waals surface area contributed by atoms with Crippen molar-refractivity contribution in [3.05, 3.63) is 63.9 Å². The highest BCUT2D eigenvalue weighted by atomic mass is 79.9. The smallest absolute Gasteiger partial charge is 0.0422 e. The van der Waals surface area contributed by atoms with Crippen LogP contribution in [0.3, 0.4) is 0 Å². The monoisotopic (exact) mass is 318 g/mol. The largest absolute Gasteiger partial charge is 0.310 e. The lowest BCUT2D eigenvalue weighted by Crippen LogP contribution is -2.23. The number of rotatable bonds is 5. The summed E-state index contributed by atoms with van der Waals surface area (Å²) < 4.78 is 1.16. The highest BCUT2D eigenvalue weighted by Gasteiger charge is 2.12. The normalized spacial score (nSPS) is 12.4. The molecule has 0 saturated heterocycles. The van der Waals surface area contributed by atoms with Gasteiger partial charge in [0.05, 0.1) is 0 Å². The van der Waals surface area contributed by atoms with Crippen molar-refractivity contribution in [2.45, 2.75) is 26.3 Å². The summed E-state index contributed by atoms with van der Waals surface area (Å²) in [5.41, 5.74) is 3.70. The summed E-state index contributed by atoms with van der Waals surface area (Å²) >= 11 is 3.55. The molecule has 0 aliphatic heterocycles. The molecule has 2 aromatic rings. The molecular formula is C16H19BrN2. The molecule has 0 aliphatic carbocycles. The first kappa shape index (κ1) is 14.2. The van der Waals surface area contributed by atoms with Gasteiger partial charge in [0.15, 0.2) is 0 Å². The van der Waals surface area contributed by atoms with Gasteiger partial charge in [-0.05, 0) is 42.8 Å². The van der Waals surface area contributed by atoms with Crippen LogP contribution in [0.4, 0.5) is 0 Å². The van der Waals surface area contributed by atoms with Gasteiger partial charge in [0.1, 0.15) is 0 Å². The molecule has 2 nitrogen and oxygen atoms in total. The number of benzene rings is 1. The van der Waals surface area contributed by atoms with Gasteiger partial charge in [-0.1, -0.05) is 41.1 Å². The van der Waals surface area contributed by atoms with Gasteiger partial charge in [-0.25, -0.2) is 0 Å². The first-order chi connectivity index (χ1) is 9.20. The maximum Gasteiger partial charge on any atom is 0.0422 e. The lowest BCUT2D eigenvalue weighted by Gasteiger charge is -2.19. The summed E-state index contributed by atoms with van der Waals surface area (Å²) in [6.45, 7) is 5.21. The van der Waals surface area contributed by atoms with Crippen LogP contribution in [-0.2, 0) is 6.42 Å². The summed E-state index contributed by atoms with van der Waals surface area (Å²) in [6, 6.07) is 12.9. The molecule has 0 bridgehead atoms. The molecule has 0 saturated carbocycles. The van der Waals surface area contributed by atoms with E-state index < -0.39 is 0 Å². The molecule has 1 heterocycles. The van der Waals surface area contributed by atoms with Crippen molar-refractivity contribution in [1.29, 1.82) is 0 Å². The molecule has 1 N–H and O–H groups in total. The minimum absolute atomic E-state index is 0.312. The zero-order valence-corrected chi connectivity index (χ0v) is 12.9. The van der Waals surface area contributed by atoms with E-state index in [-0.39, 0.29) is 0 Å². The van der Waals surface area contributed by atoms with E-state index in [1.165, 1.54) is 11.1 Å². The van der Waals surface area contributed by atoms with Crippen molar-refractivity contribution >= 4 is 15.9 Å². The van der Waals surface area contributed by atoms with Crippen LogP contribution >= 0.6 is 15.9 Å². The van der Waals surface area contributed by atoms with Gasteiger partial charge in [-0.2, -0.15) is 0 Å². The molecule has 0 fully saturated rings. The second kappa shape index (κ2) is 6.83. The summed E-state index contributed by atoms with van der Waals surface area (Å²) in [4.78, 5) is 4.42. The molecule has 19 heavy (non-hydrogen) atoms. The molecule has 100 valence electrons. The molecule has 1 unspecified atom stereocenters. The van der Waals surface area contributed by atoms with Gasteiger partial charge in [-0.3, -0.25) is 4.98 Å². The number of halogens is 1. The number of aryl methyl sites for hydroxylation is 1. The quantitative estimate of drug-likeness (QED) is 0.899. The predicted molar refractivity (Wildman–Crippen MR) is 83.2 cm³/mol. The average molecular weight is 319 g/mol. The topological polar surface area (TPSA) is 24.9 Å². The van der Waals surface area contributed by atoms with Gasteiger partial charge in [0.25, 0.3) is 0 Å². The first-order valence-corrected chi connectivity index (χ1v) is 7.39. The molecule has 0 radical (unpaired) electrons. The maximum atomic E-state index is 4.42. The van der Waals surface area contributed by atoms with Gasteiger partial charge in [0.2, 0.25) is 0 Å². The van der Waals surface area contributed by atoms with Gasteiger partial charge < -0.3 is 5.32 Å². The van der Waals surface area contributed by atoms with E-state index in [1.54, 1.807) is 0 Å². The Hall–Kier alpha value is -1.19. The van der Waals surface area contributed by atoms with E-state index in [4.69, 9.17) is 0 Å². The van der Waals surface area contributed by atoms with Crippen molar-refractivity contribution in [2.24, 2.45) is 0 Å². The third-order valence-electron chi connectivity index (χ3n) is 3.17. The second-order valence-corrected chi connectivity index (χ2v) is 5.50. The number of nitrogens with one attached hydrogen (secondary N) is 1. The van der Waals surface area contributed by atoms with E-state index in [9.17, 15) is 0 Å². The highest BCUT2D eigenvalue weighted by molar-refractivity contribution is 9.10. The Morgan fingerprint density at radius 3 is 2.74 bits per heavy atom. The number of pyridine rings is 1. The van der Waals surface area contributed by atoms with Crippen LogP contribution in [0, 0.1) is 6.92 Å². The van der Waals surface area contributed by atoms with E-state index in [2.05, 4.69) is 64.3 Å². The number of aromatic nitrogens is 1. The Balaban J connectivity index is 2.21. The average Bonchev–Trinajstić information content (AvgIpc) is 2.43. The zero-order chi connectivity index (χ0) is 13.7. The van der Waals surface area contributed by atoms with Gasteiger partial charge in [-0.15, -0.1) is 0 Å². The minimum atomic E-state index is 0.312. The summed E-state index contributed by atoms with van der Waals surface area (Å²) in [6.07, 6.45) is 2.76. The molecular weight excluding hydrogens is 300 g/mol. The number of nitrogens with zero attached hydrogens (tertiary/aromatic N) is 1. The zero-order valence-electron chi connectivity index (χ0n) is 11.4. The van der Waals surface area contributed by atoms with Crippen molar-refractivity contribution in [3.63, 3.8) is 0 Å². The third kappa shape index (κ3) is 3.88. The Labute approximate surface area is 123 Å². The van der Waals surface area contributed by atoms with Crippen molar-refractivity contribution in [1.82, 2.24) is 10.3 Å². The predicted octanol–water partition coefficient (Wildman–Crippen LogP) is 4.05. The summed E-state index contributed by atoms with van der Waals surface area (Å²) in [5.74, 6) is 0. The van der Waals surface area contributed by atoms with E-state index >= 15 is 0 Å². The fourth-order valence-corrected chi connectivity index (χ4v) is 2.41. The van der Waals surface area contributed by atoms with E-state index in [1.807, 2.05) is 18.3 Å². The number of likely N-dealkylation sites (N-methyl/N-ethyl adjacent to an activating group) is 1. The molecule has 0 amide bonds. The van der Waals surface area contributed by atoms with Crippen molar-refractivity contribution in [3.8, 4) is 0 Å². The SMILES string of the molecule is CCNC(Cc1ccccn1)c1ccc(Br)c(C)c1. The lowest BCUT2D eigenvalue weighted by atomic mass is 10.00. The number of hydrogen-bond acceptors (Lipinski definition) is 2.